The summed E-state index contributed by atoms with van der Waals surface area (Å²) in [7, 11) is 1.54. The van der Waals surface area contributed by atoms with Crippen molar-refractivity contribution in [2.24, 2.45) is 5.10 Å². The molecule has 0 bridgehead atoms. The molecule has 2 aliphatic rings. The maximum absolute atomic E-state index is 11.5. The van der Waals surface area contributed by atoms with Crippen molar-refractivity contribution in [1.29, 1.82) is 0 Å². The van der Waals surface area contributed by atoms with Gasteiger partial charge in [-0.05, 0) is 29.6 Å². The minimum absolute atomic E-state index is 0.0677. The van der Waals surface area contributed by atoms with Crippen molar-refractivity contribution in [2.45, 2.75) is 25.6 Å². The van der Waals surface area contributed by atoms with Crippen LogP contribution in [0.25, 0.3) is 0 Å². The molecular formula is C23H19BrN2O4S. The van der Waals surface area contributed by atoms with Gasteiger partial charge < -0.3 is 14.2 Å². The van der Waals surface area contributed by atoms with Crippen LogP contribution in [-0.4, -0.2) is 23.8 Å². The molecule has 31 heavy (non-hydrogen) atoms. The van der Waals surface area contributed by atoms with E-state index in [1.54, 1.807) is 24.5 Å². The lowest BCUT2D eigenvalue weighted by atomic mass is 9.97. The first-order valence-electron chi connectivity index (χ1n) is 9.76. The van der Waals surface area contributed by atoms with Crippen molar-refractivity contribution in [2.75, 3.05) is 7.11 Å². The van der Waals surface area contributed by atoms with Gasteiger partial charge in [-0.1, -0.05) is 40.2 Å². The standard InChI is InChI=1S/C23H19BrN2O4S/c1-13(27)29-21-11-16(24)15(10-20(21)28-2)23-26-18(14-6-3-4-7-19(14)30-23)12-17(25-26)22-8-5-9-31-22/h3-11,18,23H,12H2,1-2H3/t18-,23+/m0/s1. The Morgan fingerprint density at radius 3 is 2.77 bits per heavy atom. The molecule has 0 amide bonds. The number of halogens is 1. The van der Waals surface area contributed by atoms with E-state index in [0.29, 0.717) is 11.5 Å². The SMILES string of the molecule is COc1cc([C@H]2Oc3ccccc3[C@@H]3CC(c4cccs4)=NN23)c(Br)cc1OC(C)=O. The van der Waals surface area contributed by atoms with Crippen LogP contribution in [0.3, 0.4) is 0 Å². The molecule has 0 N–H and O–H groups in total. The molecule has 3 aromatic rings. The minimum atomic E-state index is -0.466. The monoisotopic (exact) mass is 498 g/mol. The van der Waals surface area contributed by atoms with E-state index >= 15 is 0 Å². The van der Waals surface area contributed by atoms with E-state index < -0.39 is 12.2 Å². The van der Waals surface area contributed by atoms with Gasteiger partial charge in [0.1, 0.15) is 5.75 Å². The number of hydrazone groups is 1. The van der Waals surface area contributed by atoms with Gasteiger partial charge in [-0.2, -0.15) is 5.10 Å². The second-order valence-corrected chi connectivity index (χ2v) is 9.05. The number of nitrogens with zero attached hydrogens (tertiary/aromatic N) is 2. The van der Waals surface area contributed by atoms with Crippen LogP contribution in [0.4, 0.5) is 0 Å². The fraction of sp³-hybridized carbons (Fsp3) is 0.217. The zero-order valence-electron chi connectivity index (χ0n) is 16.9. The number of thiophene rings is 1. The molecule has 0 aliphatic carbocycles. The highest BCUT2D eigenvalue weighted by atomic mass is 79.9. The van der Waals surface area contributed by atoms with Gasteiger partial charge in [-0.3, -0.25) is 4.79 Å². The average Bonchev–Trinajstić information content (AvgIpc) is 3.43. The largest absolute Gasteiger partial charge is 0.493 e. The summed E-state index contributed by atoms with van der Waals surface area (Å²) in [6.07, 6.45) is 0.338. The van der Waals surface area contributed by atoms with Crippen LogP contribution in [0.15, 0.2) is 63.5 Å². The Balaban J connectivity index is 1.60. The predicted octanol–water partition coefficient (Wildman–Crippen LogP) is 5.69. The number of benzene rings is 2. The Labute approximate surface area is 192 Å². The number of ether oxygens (including phenoxy) is 3. The van der Waals surface area contributed by atoms with E-state index in [4.69, 9.17) is 19.3 Å². The van der Waals surface area contributed by atoms with Crippen LogP contribution >= 0.6 is 27.3 Å². The van der Waals surface area contributed by atoms with E-state index in [-0.39, 0.29) is 6.04 Å². The summed E-state index contributed by atoms with van der Waals surface area (Å²) in [6.45, 7) is 1.36. The molecule has 0 saturated heterocycles. The third kappa shape index (κ3) is 3.59. The van der Waals surface area contributed by atoms with E-state index in [2.05, 4.69) is 33.4 Å². The number of carbonyl (C=O) groups is 1. The number of esters is 1. The van der Waals surface area contributed by atoms with Crippen molar-refractivity contribution in [3.63, 3.8) is 0 Å². The van der Waals surface area contributed by atoms with Crippen molar-refractivity contribution >= 4 is 38.9 Å². The maximum Gasteiger partial charge on any atom is 0.308 e. The van der Waals surface area contributed by atoms with Crippen LogP contribution in [0.1, 0.15) is 41.6 Å². The van der Waals surface area contributed by atoms with Crippen molar-refractivity contribution < 1.29 is 19.0 Å². The summed E-state index contributed by atoms with van der Waals surface area (Å²) in [5.41, 5.74) is 3.00. The second kappa shape index (κ2) is 8.01. The molecule has 5 rings (SSSR count). The number of fused-ring (bicyclic) bond motifs is 3. The van der Waals surface area contributed by atoms with E-state index in [1.807, 2.05) is 35.3 Å². The number of para-hydroxylation sites is 1. The fourth-order valence-corrected chi connectivity index (χ4v) is 5.20. The molecule has 2 aromatic carbocycles. The second-order valence-electron chi connectivity index (χ2n) is 7.25. The summed E-state index contributed by atoms with van der Waals surface area (Å²) in [6, 6.07) is 15.8. The fourth-order valence-electron chi connectivity index (χ4n) is 3.97. The maximum atomic E-state index is 11.5. The molecule has 158 valence electrons. The summed E-state index contributed by atoms with van der Waals surface area (Å²) in [5.74, 6) is 1.23. The Morgan fingerprint density at radius 1 is 1.19 bits per heavy atom. The molecule has 0 radical (unpaired) electrons. The van der Waals surface area contributed by atoms with Gasteiger partial charge in [0.15, 0.2) is 11.5 Å². The summed E-state index contributed by atoms with van der Waals surface area (Å²) < 4.78 is 18.0. The van der Waals surface area contributed by atoms with Crippen LogP contribution in [0.2, 0.25) is 0 Å². The van der Waals surface area contributed by atoms with E-state index in [9.17, 15) is 4.79 Å². The van der Waals surface area contributed by atoms with Gasteiger partial charge in [0, 0.05) is 28.9 Å². The molecule has 0 fully saturated rings. The van der Waals surface area contributed by atoms with Crippen LogP contribution in [0, 0.1) is 0 Å². The molecule has 2 atom stereocenters. The topological polar surface area (TPSA) is 60.4 Å². The van der Waals surface area contributed by atoms with E-state index in [1.165, 1.54) is 6.92 Å². The molecule has 8 heteroatoms. The van der Waals surface area contributed by atoms with Crippen molar-refractivity contribution in [3.05, 3.63) is 74.4 Å². The molecular weight excluding hydrogens is 480 g/mol. The number of hydrogen-bond acceptors (Lipinski definition) is 7. The predicted molar refractivity (Wildman–Crippen MR) is 122 cm³/mol. The van der Waals surface area contributed by atoms with Crippen LogP contribution in [-0.2, 0) is 4.79 Å². The molecule has 3 heterocycles. The first-order chi connectivity index (χ1) is 15.0. The number of rotatable bonds is 4. The molecule has 0 unspecified atom stereocenters. The molecule has 6 nitrogen and oxygen atoms in total. The summed E-state index contributed by atoms with van der Waals surface area (Å²) in [4.78, 5) is 12.6. The Hall–Kier alpha value is -2.84. The van der Waals surface area contributed by atoms with Gasteiger partial charge in [0.25, 0.3) is 0 Å². The zero-order valence-corrected chi connectivity index (χ0v) is 19.3. The van der Waals surface area contributed by atoms with Gasteiger partial charge in [-0.15, -0.1) is 11.3 Å². The van der Waals surface area contributed by atoms with Crippen molar-refractivity contribution in [3.8, 4) is 17.2 Å². The highest BCUT2D eigenvalue weighted by Gasteiger charge is 2.42. The lowest BCUT2D eigenvalue weighted by Gasteiger charge is -2.38. The first-order valence-corrected chi connectivity index (χ1v) is 11.4. The summed E-state index contributed by atoms with van der Waals surface area (Å²) in [5, 5.41) is 9.04. The third-order valence-electron chi connectivity index (χ3n) is 5.31. The molecule has 0 saturated carbocycles. The zero-order chi connectivity index (χ0) is 21.5. The molecule has 2 aliphatic heterocycles. The number of carbonyl (C=O) groups excluding carboxylic acids is 1. The number of hydrogen-bond donors (Lipinski definition) is 0. The van der Waals surface area contributed by atoms with E-state index in [0.717, 1.165) is 38.4 Å². The summed E-state index contributed by atoms with van der Waals surface area (Å²) >= 11 is 5.31. The van der Waals surface area contributed by atoms with Gasteiger partial charge in [0.05, 0.1) is 23.7 Å². The minimum Gasteiger partial charge on any atom is -0.493 e. The highest BCUT2D eigenvalue weighted by Crippen LogP contribution is 2.49. The number of methoxy groups -OCH3 is 1. The normalized spacial score (nSPS) is 19.2. The van der Waals surface area contributed by atoms with Crippen LogP contribution < -0.4 is 14.2 Å². The Morgan fingerprint density at radius 2 is 2.03 bits per heavy atom. The highest BCUT2D eigenvalue weighted by molar-refractivity contribution is 9.10. The molecule has 0 spiro atoms. The molecule has 1 aromatic heterocycles. The van der Waals surface area contributed by atoms with Gasteiger partial charge in [-0.25, -0.2) is 5.01 Å². The Kier molecular flexibility index (Phi) is 5.19. The van der Waals surface area contributed by atoms with Crippen LogP contribution in [0.5, 0.6) is 17.2 Å². The Bertz CT molecular complexity index is 1180. The van der Waals surface area contributed by atoms with Crippen molar-refractivity contribution in [1.82, 2.24) is 5.01 Å². The lowest BCUT2D eigenvalue weighted by molar-refractivity contribution is -0.132. The average molecular weight is 499 g/mol. The van der Waals surface area contributed by atoms with Gasteiger partial charge in [0.2, 0.25) is 6.23 Å². The smallest absolute Gasteiger partial charge is 0.308 e. The third-order valence-corrected chi connectivity index (χ3v) is 6.91. The van der Waals surface area contributed by atoms with Gasteiger partial charge >= 0.3 is 5.97 Å². The first kappa shape index (κ1) is 20.1. The quantitative estimate of drug-likeness (QED) is 0.341. The lowest BCUT2D eigenvalue weighted by Crippen LogP contribution is -2.34.